The first-order chi connectivity index (χ1) is 10.2. The zero-order valence-electron chi connectivity index (χ0n) is 12.2. The molecule has 3 aromatic rings. The highest BCUT2D eigenvalue weighted by Gasteiger charge is 2.19. The van der Waals surface area contributed by atoms with Gasteiger partial charge >= 0.3 is 0 Å². The van der Waals surface area contributed by atoms with Crippen molar-refractivity contribution in [2.75, 3.05) is 6.54 Å². The highest BCUT2D eigenvalue weighted by molar-refractivity contribution is 6.34. The minimum absolute atomic E-state index is 0.0414. The Morgan fingerprint density at radius 3 is 2.67 bits per heavy atom. The average molecular weight is 300 g/mol. The fourth-order valence-electron chi connectivity index (χ4n) is 2.67. The maximum atomic E-state index is 6.22. The van der Waals surface area contributed by atoms with Crippen molar-refractivity contribution in [3.8, 4) is 0 Å². The lowest BCUT2D eigenvalue weighted by Crippen LogP contribution is -2.22. The van der Waals surface area contributed by atoms with Crippen LogP contribution in [-0.4, -0.2) is 6.54 Å². The quantitative estimate of drug-likeness (QED) is 0.725. The van der Waals surface area contributed by atoms with E-state index < -0.39 is 0 Å². The molecule has 1 heterocycles. The third-order valence-electron chi connectivity index (χ3n) is 3.71. The lowest BCUT2D eigenvalue weighted by molar-refractivity contribution is 0.476. The van der Waals surface area contributed by atoms with Crippen molar-refractivity contribution in [1.29, 1.82) is 0 Å². The molecule has 1 unspecified atom stereocenters. The first-order valence-electron chi connectivity index (χ1n) is 7.17. The smallest absolute Gasteiger partial charge is 0.152 e. The predicted molar refractivity (Wildman–Crippen MR) is 87.9 cm³/mol. The van der Waals surface area contributed by atoms with Crippen molar-refractivity contribution in [2.45, 2.75) is 19.9 Å². The second kappa shape index (κ2) is 5.92. The van der Waals surface area contributed by atoms with E-state index in [0.29, 0.717) is 5.02 Å². The number of nitrogens with one attached hydrogen (secondary N) is 1. The van der Waals surface area contributed by atoms with E-state index >= 15 is 0 Å². The van der Waals surface area contributed by atoms with Gasteiger partial charge in [-0.15, -0.1) is 0 Å². The zero-order valence-corrected chi connectivity index (χ0v) is 12.9. The molecule has 21 heavy (non-hydrogen) atoms. The van der Waals surface area contributed by atoms with Gasteiger partial charge in [-0.3, -0.25) is 0 Å². The summed E-state index contributed by atoms with van der Waals surface area (Å²) in [6.45, 7) is 5.08. The van der Waals surface area contributed by atoms with E-state index in [0.717, 1.165) is 23.3 Å². The van der Waals surface area contributed by atoms with E-state index in [-0.39, 0.29) is 6.04 Å². The average Bonchev–Trinajstić information content (AvgIpc) is 2.91. The number of fused-ring (bicyclic) bond motifs is 1. The molecule has 108 valence electrons. The molecule has 0 aliphatic rings. The number of furan rings is 1. The largest absolute Gasteiger partial charge is 0.457 e. The van der Waals surface area contributed by atoms with Crippen molar-refractivity contribution in [2.24, 2.45) is 0 Å². The van der Waals surface area contributed by atoms with Crippen LogP contribution in [0.25, 0.3) is 11.0 Å². The number of aryl methyl sites for hydroxylation is 1. The summed E-state index contributed by atoms with van der Waals surface area (Å²) in [5, 5.41) is 5.19. The second-order valence-corrected chi connectivity index (χ2v) is 5.56. The highest BCUT2D eigenvalue weighted by atomic mass is 35.5. The molecule has 1 N–H and O–H groups in total. The van der Waals surface area contributed by atoms with Crippen LogP contribution in [0.15, 0.2) is 52.9 Å². The molecule has 2 aromatic carbocycles. The molecular weight excluding hydrogens is 282 g/mol. The monoisotopic (exact) mass is 299 g/mol. The Balaban J connectivity index is 2.11. The van der Waals surface area contributed by atoms with Crippen LogP contribution in [-0.2, 0) is 0 Å². The molecule has 2 nitrogen and oxygen atoms in total. The minimum Gasteiger partial charge on any atom is -0.457 e. The number of hydrogen-bond donors (Lipinski definition) is 1. The van der Waals surface area contributed by atoms with Crippen LogP contribution >= 0.6 is 11.6 Å². The summed E-state index contributed by atoms with van der Waals surface area (Å²) in [6.07, 6.45) is 0. The maximum absolute atomic E-state index is 6.22. The van der Waals surface area contributed by atoms with Gasteiger partial charge in [-0.2, -0.15) is 0 Å². The Morgan fingerprint density at radius 2 is 1.95 bits per heavy atom. The van der Waals surface area contributed by atoms with Gasteiger partial charge in [0, 0.05) is 5.39 Å². The molecule has 0 saturated heterocycles. The van der Waals surface area contributed by atoms with Gasteiger partial charge in [0.15, 0.2) is 5.58 Å². The van der Waals surface area contributed by atoms with Crippen molar-refractivity contribution >= 4 is 22.6 Å². The van der Waals surface area contributed by atoms with Crippen LogP contribution in [0.3, 0.4) is 0 Å². The van der Waals surface area contributed by atoms with Crippen molar-refractivity contribution in [3.63, 3.8) is 0 Å². The van der Waals surface area contributed by atoms with Crippen LogP contribution in [0, 0.1) is 6.92 Å². The molecule has 0 fully saturated rings. The van der Waals surface area contributed by atoms with Crippen molar-refractivity contribution in [3.05, 3.63) is 70.4 Å². The van der Waals surface area contributed by atoms with Crippen LogP contribution < -0.4 is 5.32 Å². The Hall–Kier alpha value is -1.77. The summed E-state index contributed by atoms with van der Waals surface area (Å²) in [5.74, 6) is 0.897. The number of para-hydroxylation sites is 1. The Labute approximate surface area is 129 Å². The predicted octanol–water partition coefficient (Wildman–Crippen LogP) is 5.09. The Kier molecular flexibility index (Phi) is 4.00. The molecule has 0 radical (unpaired) electrons. The van der Waals surface area contributed by atoms with Crippen LogP contribution in [0.5, 0.6) is 0 Å². The number of halogens is 1. The van der Waals surface area contributed by atoms with E-state index in [1.165, 1.54) is 11.1 Å². The maximum Gasteiger partial charge on any atom is 0.152 e. The lowest BCUT2D eigenvalue weighted by Gasteiger charge is -2.18. The fraction of sp³-hybridized carbons (Fsp3) is 0.222. The second-order valence-electron chi connectivity index (χ2n) is 5.15. The Morgan fingerprint density at radius 1 is 1.14 bits per heavy atom. The van der Waals surface area contributed by atoms with Crippen molar-refractivity contribution in [1.82, 2.24) is 5.32 Å². The van der Waals surface area contributed by atoms with Crippen LogP contribution in [0.4, 0.5) is 0 Å². The van der Waals surface area contributed by atoms with Gasteiger partial charge in [0.1, 0.15) is 5.76 Å². The number of hydrogen-bond acceptors (Lipinski definition) is 2. The summed E-state index contributed by atoms with van der Waals surface area (Å²) in [6, 6.07) is 16.3. The summed E-state index contributed by atoms with van der Waals surface area (Å²) >= 11 is 6.22. The summed E-state index contributed by atoms with van der Waals surface area (Å²) in [5.41, 5.74) is 3.23. The van der Waals surface area contributed by atoms with E-state index in [9.17, 15) is 0 Å². The molecule has 0 aliphatic carbocycles. The van der Waals surface area contributed by atoms with Gasteiger partial charge in [-0.05, 0) is 36.7 Å². The first-order valence-corrected chi connectivity index (χ1v) is 7.55. The van der Waals surface area contributed by atoms with Gasteiger partial charge in [-0.1, -0.05) is 54.9 Å². The topological polar surface area (TPSA) is 25.2 Å². The van der Waals surface area contributed by atoms with Crippen LogP contribution in [0.1, 0.15) is 29.9 Å². The van der Waals surface area contributed by atoms with Crippen LogP contribution in [0.2, 0.25) is 5.02 Å². The van der Waals surface area contributed by atoms with Crippen molar-refractivity contribution < 1.29 is 4.42 Å². The molecule has 0 spiro atoms. The molecule has 0 bridgehead atoms. The SMILES string of the molecule is CCNC(c1cc2cccc(Cl)c2o1)c1ccccc1C. The lowest BCUT2D eigenvalue weighted by atomic mass is 9.99. The van der Waals surface area contributed by atoms with E-state index in [2.05, 4.69) is 49.5 Å². The normalized spacial score (nSPS) is 12.7. The Bertz CT molecular complexity index is 763. The zero-order chi connectivity index (χ0) is 14.8. The molecule has 3 rings (SSSR count). The molecule has 0 amide bonds. The molecule has 0 aliphatic heterocycles. The summed E-state index contributed by atoms with van der Waals surface area (Å²) in [7, 11) is 0. The number of benzene rings is 2. The van der Waals surface area contributed by atoms with Gasteiger partial charge in [-0.25, -0.2) is 0 Å². The minimum atomic E-state index is 0.0414. The van der Waals surface area contributed by atoms with Gasteiger partial charge in [0.25, 0.3) is 0 Å². The van der Waals surface area contributed by atoms with E-state index in [1.807, 2.05) is 18.2 Å². The highest BCUT2D eigenvalue weighted by Crippen LogP contribution is 2.32. The molecule has 1 atom stereocenters. The van der Waals surface area contributed by atoms with Gasteiger partial charge in [0.05, 0.1) is 11.1 Å². The summed E-state index contributed by atoms with van der Waals surface area (Å²) < 4.78 is 6.03. The third-order valence-corrected chi connectivity index (χ3v) is 4.00. The van der Waals surface area contributed by atoms with E-state index in [1.54, 1.807) is 0 Å². The number of rotatable bonds is 4. The molecule has 3 heteroatoms. The first kappa shape index (κ1) is 14.2. The summed E-state index contributed by atoms with van der Waals surface area (Å²) in [4.78, 5) is 0. The molecule has 1 aromatic heterocycles. The molecular formula is C18H18ClNO. The standard InChI is InChI=1S/C18H18ClNO/c1-3-20-17(14-9-5-4-7-12(14)2)16-11-13-8-6-10-15(19)18(13)21-16/h4-11,17,20H,3H2,1-2H3. The fourth-order valence-corrected chi connectivity index (χ4v) is 2.89. The van der Waals surface area contributed by atoms with Gasteiger partial charge in [0.2, 0.25) is 0 Å². The molecule has 0 saturated carbocycles. The third kappa shape index (κ3) is 2.69. The van der Waals surface area contributed by atoms with Gasteiger partial charge < -0.3 is 9.73 Å². The van der Waals surface area contributed by atoms with E-state index in [4.69, 9.17) is 16.0 Å².